The fourth-order valence-electron chi connectivity index (χ4n) is 6.21. The van der Waals surface area contributed by atoms with Gasteiger partial charge in [-0.05, 0) is 95.7 Å². The molecule has 1 aromatic rings. The molecule has 2 aliphatic heterocycles. The first kappa shape index (κ1) is 20.7. The molecular weight excluding hydrogens is 368 g/mol. The second kappa shape index (κ2) is 8.63. The fourth-order valence-corrected chi connectivity index (χ4v) is 6.34. The van der Waals surface area contributed by atoms with Crippen LogP contribution >= 0.6 is 11.6 Å². The van der Waals surface area contributed by atoms with Gasteiger partial charge in [-0.1, -0.05) is 36.6 Å². The highest BCUT2D eigenvalue weighted by Gasteiger charge is 2.58. The molecule has 0 spiro atoms. The van der Waals surface area contributed by atoms with Crippen molar-refractivity contribution in [2.24, 2.45) is 0 Å². The molecule has 2 heterocycles. The minimum absolute atomic E-state index is 0.159. The first-order valence-electron chi connectivity index (χ1n) is 11.5. The molecule has 3 atom stereocenters. The van der Waals surface area contributed by atoms with E-state index in [1.807, 2.05) is 12.1 Å². The zero-order valence-electron chi connectivity index (χ0n) is 17.5. The molecule has 1 saturated carbocycles. The summed E-state index contributed by atoms with van der Waals surface area (Å²) in [6.45, 7) is 6.91. The standard InChI is InChI=1S/C24H37ClN2O/c1-23(27-17-6-3-7-18-27)14-8-9-22(26-15-4-2-5-16-26)24(23,28)19-20-10-12-21(25)13-11-20/h10-13,22,28H,2-9,14-19H2,1H3. The van der Waals surface area contributed by atoms with Crippen molar-refractivity contribution < 1.29 is 5.11 Å². The Bertz CT molecular complexity index is 639. The van der Waals surface area contributed by atoms with Crippen molar-refractivity contribution in [3.63, 3.8) is 0 Å². The first-order chi connectivity index (χ1) is 13.5. The summed E-state index contributed by atoms with van der Waals surface area (Å²) in [6.07, 6.45) is 11.9. The van der Waals surface area contributed by atoms with Crippen molar-refractivity contribution in [3.8, 4) is 0 Å². The number of nitrogens with zero attached hydrogens (tertiary/aromatic N) is 2. The number of hydrogen-bond acceptors (Lipinski definition) is 3. The van der Waals surface area contributed by atoms with Gasteiger partial charge in [-0.25, -0.2) is 0 Å². The van der Waals surface area contributed by atoms with Crippen LogP contribution in [0.25, 0.3) is 0 Å². The van der Waals surface area contributed by atoms with Gasteiger partial charge < -0.3 is 5.11 Å². The molecule has 0 radical (unpaired) electrons. The van der Waals surface area contributed by atoms with Gasteiger partial charge in [-0.3, -0.25) is 9.80 Å². The van der Waals surface area contributed by atoms with E-state index >= 15 is 0 Å². The quantitative estimate of drug-likeness (QED) is 0.773. The number of benzene rings is 1. The number of piperidine rings is 2. The van der Waals surface area contributed by atoms with Gasteiger partial charge in [0.2, 0.25) is 0 Å². The van der Waals surface area contributed by atoms with Gasteiger partial charge in [-0.15, -0.1) is 0 Å². The molecule has 3 fully saturated rings. The van der Waals surface area contributed by atoms with Crippen LogP contribution in [0.4, 0.5) is 0 Å². The van der Waals surface area contributed by atoms with Gasteiger partial charge in [0.15, 0.2) is 0 Å². The summed E-state index contributed by atoms with van der Waals surface area (Å²) in [5.41, 5.74) is 0.320. The Morgan fingerprint density at radius 3 is 2.18 bits per heavy atom. The molecule has 0 aromatic heterocycles. The molecule has 3 nitrogen and oxygen atoms in total. The third-order valence-corrected chi connectivity index (χ3v) is 8.15. The Morgan fingerprint density at radius 1 is 0.929 bits per heavy atom. The van der Waals surface area contributed by atoms with Crippen molar-refractivity contribution in [3.05, 3.63) is 34.9 Å². The lowest BCUT2D eigenvalue weighted by atomic mass is 9.63. The van der Waals surface area contributed by atoms with Crippen LogP contribution in [0.2, 0.25) is 5.02 Å². The number of hydrogen-bond donors (Lipinski definition) is 1. The molecular formula is C24H37ClN2O. The summed E-state index contributed by atoms with van der Waals surface area (Å²) in [7, 11) is 0. The summed E-state index contributed by atoms with van der Waals surface area (Å²) < 4.78 is 0. The monoisotopic (exact) mass is 404 g/mol. The van der Waals surface area contributed by atoms with Crippen LogP contribution in [0, 0.1) is 0 Å². The highest BCUT2D eigenvalue weighted by atomic mass is 35.5. The van der Waals surface area contributed by atoms with E-state index in [9.17, 15) is 5.11 Å². The lowest BCUT2D eigenvalue weighted by Crippen LogP contribution is -2.73. The Balaban J connectivity index is 1.69. The Labute approximate surface area is 176 Å². The maximum Gasteiger partial charge on any atom is 0.102 e. The third-order valence-electron chi connectivity index (χ3n) is 7.90. The average molecular weight is 405 g/mol. The molecule has 156 valence electrons. The Kier molecular flexibility index (Phi) is 6.37. The molecule has 28 heavy (non-hydrogen) atoms. The highest BCUT2D eigenvalue weighted by Crippen LogP contribution is 2.47. The van der Waals surface area contributed by atoms with Crippen LogP contribution in [0.3, 0.4) is 0 Å². The molecule has 1 aliphatic carbocycles. The summed E-state index contributed by atoms with van der Waals surface area (Å²) in [6, 6.07) is 8.41. The van der Waals surface area contributed by atoms with E-state index < -0.39 is 5.60 Å². The summed E-state index contributed by atoms with van der Waals surface area (Å²) in [5, 5.41) is 13.3. The van der Waals surface area contributed by atoms with Crippen LogP contribution in [0.1, 0.15) is 70.3 Å². The first-order valence-corrected chi connectivity index (χ1v) is 11.9. The molecule has 4 heteroatoms. The maximum atomic E-state index is 12.6. The fraction of sp³-hybridized carbons (Fsp3) is 0.750. The number of likely N-dealkylation sites (tertiary alicyclic amines) is 2. The summed E-state index contributed by atoms with van der Waals surface area (Å²) >= 11 is 6.14. The van der Waals surface area contributed by atoms with Crippen LogP contribution < -0.4 is 0 Å². The predicted molar refractivity (Wildman–Crippen MR) is 117 cm³/mol. The van der Waals surface area contributed by atoms with Gasteiger partial charge in [0.25, 0.3) is 0 Å². The minimum atomic E-state index is -0.728. The van der Waals surface area contributed by atoms with Gasteiger partial charge in [0.1, 0.15) is 5.60 Å². The largest absolute Gasteiger partial charge is 0.386 e. The molecule has 0 bridgehead atoms. The maximum absolute atomic E-state index is 12.6. The van der Waals surface area contributed by atoms with Crippen molar-refractivity contribution in [1.82, 2.24) is 9.80 Å². The molecule has 1 N–H and O–H groups in total. The second-order valence-corrected chi connectivity index (χ2v) is 9.99. The van der Waals surface area contributed by atoms with Crippen molar-refractivity contribution in [2.75, 3.05) is 26.2 Å². The number of rotatable bonds is 4. The zero-order valence-corrected chi connectivity index (χ0v) is 18.3. The lowest BCUT2D eigenvalue weighted by Gasteiger charge is -2.61. The molecule has 1 aromatic carbocycles. The van der Waals surface area contributed by atoms with E-state index in [2.05, 4.69) is 28.9 Å². The normalized spacial score (nSPS) is 35.8. The third kappa shape index (κ3) is 3.88. The van der Waals surface area contributed by atoms with E-state index in [-0.39, 0.29) is 11.6 Å². The molecule has 2 saturated heterocycles. The van der Waals surface area contributed by atoms with Crippen molar-refractivity contribution in [1.29, 1.82) is 0 Å². The topological polar surface area (TPSA) is 26.7 Å². The van der Waals surface area contributed by atoms with Crippen LogP contribution in [-0.2, 0) is 6.42 Å². The lowest BCUT2D eigenvalue weighted by molar-refractivity contribution is -0.177. The van der Waals surface area contributed by atoms with Crippen molar-refractivity contribution in [2.45, 2.75) is 88.3 Å². The highest BCUT2D eigenvalue weighted by molar-refractivity contribution is 6.30. The molecule has 3 aliphatic rings. The van der Waals surface area contributed by atoms with Gasteiger partial charge in [-0.2, -0.15) is 0 Å². The number of halogens is 1. The summed E-state index contributed by atoms with van der Waals surface area (Å²) in [5.74, 6) is 0. The van der Waals surface area contributed by atoms with Crippen LogP contribution in [0.5, 0.6) is 0 Å². The van der Waals surface area contributed by atoms with Crippen LogP contribution in [-0.4, -0.2) is 58.3 Å². The molecule has 3 unspecified atom stereocenters. The van der Waals surface area contributed by atoms with E-state index in [4.69, 9.17) is 11.6 Å². The van der Waals surface area contributed by atoms with Gasteiger partial charge >= 0.3 is 0 Å². The molecule has 4 rings (SSSR count). The second-order valence-electron chi connectivity index (χ2n) is 9.55. The zero-order chi connectivity index (χ0) is 19.6. The average Bonchev–Trinajstić information content (AvgIpc) is 2.73. The van der Waals surface area contributed by atoms with E-state index in [1.54, 1.807) is 0 Å². The smallest absolute Gasteiger partial charge is 0.102 e. The van der Waals surface area contributed by atoms with E-state index in [1.165, 1.54) is 50.5 Å². The summed E-state index contributed by atoms with van der Waals surface area (Å²) in [4.78, 5) is 5.27. The predicted octanol–water partition coefficient (Wildman–Crippen LogP) is 4.90. The molecule has 0 amide bonds. The number of aliphatic hydroxyl groups is 1. The van der Waals surface area contributed by atoms with Crippen molar-refractivity contribution >= 4 is 11.6 Å². The van der Waals surface area contributed by atoms with Crippen LogP contribution in [0.15, 0.2) is 24.3 Å². The van der Waals surface area contributed by atoms with E-state index in [0.29, 0.717) is 0 Å². The SMILES string of the molecule is CC1(N2CCCCC2)CCCC(N2CCCCC2)C1(O)Cc1ccc(Cl)cc1. The minimum Gasteiger partial charge on any atom is -0.386 e. The van der Waals surface area contributed by atoms with E-state index in [0.717, 1.165) is 50.5 Å². The Hall–Kier alpha value is -0.610. The van der Waals surface area contributed by atoms with Gasteiger partial charge in [0, 0.05) is 23.0 Å². The van der Waals surface area contributed by atoms with Gasteiger partial charge in [0.05, 0.1) is 0 Å². The Morgan fingerprint density at radius 2 is 1.54 bits per heavy atom.